The predicted molar refractivity (Wildman–Crippen MR) is 100 cm³/mol. The summed E-state index contributed by atoms with van der Waals surface area (Å²) in [5.41, 5.74) is -2.55. The van der Waals surface area contributed by atoms with Crippen LogP contribution in [0.1, 0.15) is 34.1 Å². The van der Waals surface area contributed by atoms with Crippen molar-refractivity contribution in [2.75, 3.05) is 0 Å². The van der Waals surface area contributed by atoms with E-state index in [1.54, 1.807) is 30.3 Å². The van der Waals surface area contributed by atoms with E-state index in [1.807, 2.05) is 0 Å². The number of carbonyl (C=O) groups excluding carboxylic acids is 1. The SMILES string of the molecule is O=C(O)CC(NC(=O)c1cc(=O)n(-c2ccccc2)[nH]1)c1cc(F)ccc1C(F)(F)F. The number of hydrogen-bond acceptors (Lipinski definition) is 3. The minimum atomic E-state index is -4.91. The number of para-hydroxylation sites is 1. The van der Waals surface area contributed by atoms with Crippen molar-refractivity contribution in [3.05, 3.63) is 87.6 Å². The molecule has 3 aromatic rings. The first-order chi connectivity index (χ1) is 14.6. The first-order valence-electron chi connectivity index (χ1n) is 8.83. The molecule has 1 amide bonds. The van der Waals surface area contributed by atoms with Crippen LogP contribution in [-0.4, -0.2) is 26.8 Å². The molecule has 0 aliphatic rings. The van der Waals surface area contributed by atoms with E-state index in [2.05, 4.69) is 10.4 Å². The summed E-state index contributed by atoms with van der Waals surface area (Å²) in [5.74, 6) is -3.58. The van der Waals surface area contributed by atoms with E-state index < -0.39 is 53.0 Å². The third-order valence-electron chi connectivity index (χ3n) is 4.36. The van der Waals surface area contributed by atoms with Crippen molar-refractivity contribution >= 4 is 11.9 Å². The summed E-state index contributed by atoms with van der Waals surface area (Å²) in [7, 11) is 0. The average Bonchev–Trinajstić information content (AvgIpc) is 3.08. The molecule has 0 spiro atoms. The summed E-state index contributed by atoms with van der Waals surface area (Å²) < 4.78 is 54.7. The maximum Gasteiger partial charge on any atom is 0.416 e. The third kappa shape index (κ3) is 5.00. The van der Waals surface area contributed by atoms with Gasteiger partial charge in [-0.3, -0.25) is 19.5 Å². The monoisotopic (exact) mass is 437 g/mol. The minimum absolute atomic E-state index is 0.311. The molecule has 0 aliphatic carbocycles. The summed E-state index contributed by atoms with van der Waals surface area (Å²) in [5, 5.41) is 13.8. The van der Waals surface area contributed by atoms with Crippen LogP contribution in [0.25, 0.3) is 5.69 Å². The summed E-state index contributed by atoms with van der Waals surface area (Å²) in [6, 6.07) is 8.94. The van der Waals surface area contributed by atoms with Gasteiger partial charge in [-0.2, -0.15) is 13.2 Å². The van der Waals surface area contributed by atoms with Crippen LogP contribution >= 0.6 is 0 Å². The number of aromatic nitrogens is 2. The number of aromatic amines is 1. The predicted octanol–water partition coefficient (Wildman–Crippen LogP) is 3.27. The van der Waals surface area contributed by atoms with E-state index in [-0.39, 0.29) is 5.69 Å². The molecule has 2 aromatic carbocycles. The van der Waals surface area contributed by atoms with Crippen LogP contribution in [0, 0.1) is 5.82 Å². The fourth-order valence-electron chi connectivity index (χ4n) is 3.01. The number of amides is 1. The van der Waals surface area contributed by atoms with Gasteiger partial charge in [0.25, 0.3) is 11.5 Å². The zero-order chi connectivity index (χ0) is 22.8. The van der Waals surface area contributed by atoms with Crippen molar-refractivity contribution in [3.8, 4) is 5.69 Å². The Morgan fingerprint density at radius 1 is 1.10 bits per heavy atom. The van der Waals surface area contributed by atoms with E-state index >= 15 is 0 Å². The highest BCUT2D eigenvalue weighted by atomic mass is 19.4. The van der Waals surface area contributed by atoms with E-state index in [1.165, 1.54) is 0 Å². The number of halogens is 4. The van der Waals surface area contributed by atoms with Crippen LogP contribution in [0.15, 0.2) is 59.4 Å². The molecular weight excluding hydrogens is 422 g/mol. The van der Waals surface area contributed by atoms with Crippen LogP contribution in [0.5, 0.6) is 0 Å². The standard InChI is InChI=1S/C20H15F4N3O4/c21-11-6-7-14(20(22,23)24)13(8-11)15(10-18(29)30)25-19(31)16-9-17(28)27(26-16)12-4-2-1-3-5-12/h1-9,15,26H,10H2,(H,25,31)(H,29,30). The van der Waals surface area contributed by atoms with Gasteiger partial charge in [-0.15, -0.1) is 0 Å². The summed E-state index contributed by atoms with van der Waals surface area (Å²) >= 11 is 0. The number of alkyl halides is 3. The molecule has 3 rings (SSSR count). The Kier molecular flexibility index (Phi) is 5.95. The molecule has 0 fully saturated rings. The highest BCUT2D eigenvalue weighted by molar-refractivity contribution is 5.92. The van der Waals surface area contributed by atoms with E-state index in [0.29, 0.717) is 23.9 Å². The molecule has 0 bridgehead atoms. The van der Waals surface area contributed by atoms with E-state index in [9.17, 15) is 31.9 Å². The second-order valence-corrected chi connectivity index (χ2v) is 6.53. The fraction of sp³-hybridized carbons (Fsp3) is 0.150. The van der Waals surface area contributed by atoms with E-state index in [4.69, 9.17) is 5.11 Å². The molecule has 162 valence electrons. The minimum Gasteiger partial charge on any atom is -0.481 e. The van der Waals surface area contributed by atoms with Gasteiger partial charge in [0, 0.05) is 6.07 Å². The van der Waals surface area contributed by atoms with Crippen molar-refractivity contribution < 1.29 is 32.3 Å². The number of carboxylic acids is 1. The zero-order valence-electron chi connectivity index (χ0n) is 15.6. The summed E-state index contributed by atoms with van der Waals surface area (Å²) in [6.45, 7) is 0. The molecule has 0 radical (unpaired) electrons. The van der Waals surface area contributed by atoms with Crippen molar-refractivity contribution in [1.82, 2.24) is 15.1 Å². The first-order valence-corrected chi connectivity index (χ1v) is 8.83. The molecule has 1 unspecified atom stereocenters. The van der Waals surface area contributed by atoms with Crippen LogP contribution in [0.3, 0.4) is 0 Å². The van der Waals surface area contributed by atoms with E-state index in [0.717, 1.165) is 10.7 Å². The van der Waals surface area contributed by atoms with Crippen LogP contribution < -0.4 is 10.9 Å². The first kappa shape index (κ1) is 21.8. The van der Waals surface area contributed by atoms with Crippen LogP contribution in [-0.2, 0) is 11.0 Å². The number of nitrogens with zero attached hydrogens (tertiary/aromatic N) is 1. The van der Waals surface area contributed by atoms with Crippen LogP contribution in [0.2, 0.25) is 0 Å². The molecule has 7 nitrogen and oxygen atoms in total. The molecule has 1 atom stereocenters. The zero-order valence-corrected chi connectivity index (χ0v) is 15.6. The maximum atomic E-state index is 13.7. The normalized spacial score (nSPS) is 12.4. The number of nitrogens with one attached hydrogen (secondary N) is 2. The van der Waals surface area contributed by atoms with Gasteiger partial charge in [0.15, 0.2) is 0 Å². The molecule has 0 saturated carbocycles. The molecule has 3 N–H and O–H groups in total. The Hall–Kier alpha value is -3.89. The fourth-order valence-corrected chi connectivity index (χ4v) is 3.01. The van der Waals surface area contributed by atoms with Gasteiger partial charge in [-0.25, -0.2) is 9.07 Å². The lowest BCUT2D eigenvalue weighted by Gasteiger charge is -2.21. The van der Waals surface area contributed by atoms with Crippen molar-refractivity contribution in [2.45, 2.75) is 18.6 Å². The van der Waals surface area contributed by atoms with Crippen LogP contribution in [0.4, 0.5) is 17.6 Å². The van der Waals surface area contributed by atoms with Gasteiger partial charge in [-0.1, -0.05) is 18.2 Å². The summed E-state index contributed by atoms with van der Waals surface area (Å²) in [6.07, 6.45) is -5.85. The lowest BCUT2D eigenvalue weighted by atomic mass is 9.97. The molecule has 1 heterocycles. The Morgan fingerprint density at radius 2 is 1.77 bits per heavy atom. The van der Waals surface area contributed by atoms with Gasteiger partial charge in [-0.05, 0) is 35.9 Å². The van der Waals surface area contributed by atoms with Crippen molar-refractivity contribution in [2.24, 2.45) is 0 Å². The molecule has 0 saturated heterocycles. The largest absolute Gasteiger partial charge is 0.481 e. The second kappa shape index (κ2) is 8.46. The molecule has 1 aromatic heterocycles. The highest BCUT2D eigenvalue weighted by Gasteiger charge is 2.36. The molecular formula is C20H15F4N3O4. The number of carbonyl (C=O) groups is 2. The Balaban J connectivity index is 1.97. The quantitative estimate of drug-likeness (QED) is 0.515. The molecule has 0 aliphatic heterocycles. The number of benzene rings is 2. The average molecular weight is 437 g/mol. The smallest absolute Gasteiger partial charge is 0.416 e. The lowest BCUT2D eigenvalue weighted by Crippen LogP contribution is -2.32. The lowest BCUT2D eigenvalue weighted by molar-refractivity contribution is -0.140. The van der Waals surface area contributed by atoms with Gasteiger partial charge >= 0.3 is 12.1 Å². The number of carboxylic acid groups (broad SMARTS) is 1. The Bertz CT molecular complexity index is 1170. The second-order valence-electron chi connectivity index (χ2n) is 6.53. The number of hydrogen-bond donors (Lipinski definition) is 3. The van der Waals surface area contributed by atoms with Gasteiger partial charge < -0.3 is 10.4 Å². The van der Waals surface area contributed by atoms with Crippen molar-refractivity contribution in [3.63, 3.8) is 0 Å². The number of aliphatic carboxylic acids is 1. The van der Waals surface area contributed by atoms with Crippen molar-refractivity contribution in [1.29, 1.82) is 0 Å². The van der Waals surface area contributed by atoms with Gasteiger partial charge in [0.1, 0.15) is 11.5 Å². The molecule has 11 heteroatoms. The Labute approximate surface area is 171 Å². The topological polar surface area (TPSA) is 104 Å². The Morgan fingerprint density at radius 3 is 2.39 bits per heavy atom. The number of rotatable bonds is 6. The maximum absolute atomic E-state index is 13.7. The number of H-pyrrole nitrogens is 1. The van der Waals surface area contributed by atoms with Gasteiger partial charge in [0.05, 0.1) is 23.7 Å². The molecule has 31 heavy (non-hydrogen) atoms. The highest BCUT2D eigenvalue weighted by Crippen LogP contribution is 2.36. The third-order valence-corrected chi connectivity index (χ3v) is 4.36. The van der Waals surface area contributed by atoms with Gasteiger partial charge in [0.2, 0.25) is 0 Å². The summed E-state index contributed by atoms with van der Waals surface area (Å²) in [4.78, 5) is 36.0.